The molecule has 0 saturated carbocycles. The van der Waals surface area contributed by atoms with E-state index in [-0.39, 0.29) is 5.78 Å². The van der Waals surface area contributed by atoms with E-state index < -0.39 is 0 Å². The molecule has 0 fully saturated rings. The molecule has 22 heavy (non-hydrogen) atoms. The molecule has 2 aromatic rings. The van der Waals surface area contributed by atoms with Crippen LogP contribution >= 0.6 is 0 Å². The molecule has 0 bridgehead atoms. The van der Waals surface area contributed by atoms with Crippen LogP contribution in [0.1, 0.15) is 5.56 Å². The molecule has 3 nitrogen and oxygen atoms in total. The minimum atomic E-state index is 0.0549. The molecule has 0 saturated heterocycles. The molecular formula is C19H20N2O. The van der Waals surface area contributed by atoms with Crippen molar-refractivity contribution in [2.75, 3.05) is 28.2 Å². The molecule has 2 aromatic carbocycles. The minimum absolute atomic E-state index is 0.0549. The summed E-state index contributed by atoms with van der Waals surface area (Å²) in [7, 11) is 8.21. The number of hydrogen-bond acceptors (Lipinski definition) is 3. The third kappa shape index (κ3) is 2.50. The quantitative estimate of drug-likeness (QED) is 0.836. The molecule has 0 heterocycles. The van der Waals surface area contributed by atoms with E-state index in [0.29, 0.717) is 0 Å². The Labute approximate surface area is 130 Å². The number of benzene rings is 2. The molecule has 0 aliphatic heterocycles. The highest BCUT2D eigenvalue weighted by Crippen LogP contribution is 2.14. The van der Waals surface area contributed by atoms with Crippen molar-refractivity contribution in [3.63, 3.8) is 0 Å². The number of carbonyl (C=O) groups excluding carboxylic acids is 1. The first-order valence-corrected chi connectivity index (χ1v) is 7.32. The van der Waals surface area contributed by atoms with E-state index in [0.717, 1.165) is 22.0 Å². The fourth-order valence-electron chi connectivity index (χ4n) is 3.03. The average molecular weight is 292 g/mol. The Morgan fingerprint density at radius 1 is 0.864 bits per heavy atom. The van der Waals surface area contributed by atoms with Gasteiger partial charge in [-0.15, -0.1) is 0 Å². The van der Waals surface area contributed by atoms with Crippen molar-refractivity contribution < 1.29 is 4.79 Å². The highest BCUT2D eigenvalue weighted by atomic mass is 16.1. The summed E-state index contributed by atoms with van der Waals surface area (Å²) in [6.07, 6.45) is 5.21. The monoisotopic (exact) mass is 292 g/mol. The van der Waals surface area contributed by atoms with Crippen LogP contribution in [0, 0.1) is 0 Å². The van der Waals surface area contributed by atoms with Crippen LogP contribution in [0.2, 0.25) is 0 Å². The number of carbonyl (C=O) groups is 1. The first-order chi connectivity index (χ1) is 10.5. The highest BCUT2D eigenvalue weighted by Gasteiger charge is 2.07. The molecule has 0 N–H and O–H groups in total. The highest BCUT2D eigenvalue weighted by molar-refractivity contribution is 6.17. The number of rotatable bonds is 2. The van der Waals surface area contributed by atoms with Gasteiger partial charge in [0, 0.05) is 33.4 Å². The van der Waals surface area contributed by atoms with E-state index in [1.807, 2.05) is 6.08 Å². The van der Waals surface area contributed by atoms with E-state index in [9.17, 15) is 4.79 Å². The summed E-state index contributed by atoms with van der Waals surface area (Å²) in [4.78, 5) is 15.7. The first-order valence-electron chi connectivity index (χ1n) is 7.32. The van der Waals surface area contributed by atoms with Crippen molar-refractivity contribution in [2.24, 2.45) is 0 Å². The topological polar surface area (TPSA) is 23.6 Å². The molecule has 112 valence electrons. The van der Waals surface area contributed by atoms with Gasteiger partial charge in [-0.2, -0.15) is 0 Å². The Balaban J connectivity index is 2.30. The lowest BCUT2D eigenvalue weighted by Crippen LogP contribution is -2.29. The Bertz CT molecular complexity index is 895. The average Bonchev–Trinajstić information content (AvgIpc) is 2.44. The van der Waals surface area contributed by atoms with Gasteiger partial charge in [-0.25, -0.2) is 0 Å². The molecule has 0 aromatic heterocycles. The predicted octanol–water partition coefficient (Wildman–Crippen LogP) is 1.41. The number of fused-ring (bicyclic) bond motifs is 2. The van der Waals surface area contributed by atoms with Gasteiger partial charge in [0.15, 0.2) is 5.78 Å². The fraction of sp³-hybridized carbons (Fsp3) is 0.211. The maximum atomic E-state index is 11.5. The standard InChI is InChI=1S/C19H20N2O/c1-20(2)19(21(3)4)15-6-5-13-10-17-12-18(22)8-7-14(17)9-16(13)11-15/h5-12H,1-4H3. The molecule has 3 heteroatoms. The summed E-state index contributed by atoms with van der Waals surface area (Å²) < 4.78 is 0. The zero-order chi connectivity index (χ0) is 15.9. The van der Waals surface area contributed by atoms with Crippen molar-refractivity contribution in [3.05, 3.63) is 52.4 Å². The van der Waals surface area contributed by atoms with Gasteiger partial charge in [-0.1, -0.05) is 18.2 Å². The Morgan fingerprint density at radius 3 is 2.27 bits per heavy atom. The lowest BCUT2D eigenvalue weighted by Gasteiger charge is -2.24. The second kappa shape index (κ2) is 5.34. The molecule has 0 amide bonds. The second-order valence-electron chi connectivity index (χ2n) is 6.04. The van der Waals surface area contributed by atoms with Gasteiger partial charge in [-0.3, -0.25) is 4.79 Å². The van der Waals surface area contributed by atoms with Crippen LogP contribution in [0.3, 0.4) is 0 Å². The van der Waals surface area contributed by atoms with Gasteiger partial charge in [-0.05, 0) is 51.9 Å². The number of nitrogens with zero attached hydrogens (tertiary/aromatic N) is 2. The molecule has 1 aliphatic carbocycles. The molecule has 0 unspecified atom stereocenters. The zero-order valence-electron chi connectivity index (χ0n) is 13.4. The SMILES string of the molecule is CN(C)C(=c1ccc2cc3c(cc2c1)C=CC(=O)C=3)N(C)C. The number of allylic oxidation sites excluding steroid dienone is 1. The number of ketones is 1. The van der Waals surface area contributed by atoms with Gasteiger partial charge in [0.2, 0.25) is 0 Å². The summed E-state index contributed by atoms with van der Waals surface area (Å²) in [5, 5.41) is 4.52. The summed E-state index contributed by atoms with van der Waals surface area (Å²) in [6, 6.07) is 10.7. The summed E-state index contributed by atoms with van der Waals surface area (Å²) in [6.45, 7) is 0. The maximum absolute atomic E-state index is 11.5. The molecule has 0 spiro atoms. The van der Waals surface area contributed by atoms with E-state index >= 15 is 0 Å². The van der Waals surface area contributed by atoms with Crippen LogP contribution in [0.5, 0.6) is 0 Å². The van der Waals surface area contributed by atoms with Crippen molar-refractivity contribution in [1.29, 1.82) is 0 Å². The van der Waals surface area contributed by atoms with E-state index in [1.54, 1.807) is 12.2 Å². The van der Waals surface area contributed by atoms with Crippen LogP contribution in [0.15, 0.2) is 36.4 Å². The lowest BCUT2D eigenvalue weighted by molar-refractivity contribution is -0.109. The molecular weight excluding hydrogens is 272 g/mol. The van der Waals surface area contributed by atoms with Gasteiger partial charge >= 0.3 is 0 Å². The van der Waals surface area contributed by atoms with Crippen LogP contribution in [-0.2, 0) is 4.79 Å². The second-order valence-corrected chi connectivity index (χ2v) is 6.04. The third-order valence-corrected chi connectivity index (χ3v) is 3.87. The molecule has 1 aliphatic rings. The third-order valence-electron chi connectivity index (χ3n) is 3.87. The van der Waals surface area contributed by atoms with Crippen LogP contribution in [-0.4, -0.2) is 43.8 Å². The Kier molecular flexibility index (Phi) is 3.49. The molecule has 3 rings (SSSR count). The van der Waals surface area contributed by atoms with E-state index in [4.69, 9.17) is 0 Å². The van der Waals surface area contributed by atoms with Gasteiger partial charge in [0.05, 0.1) is 0 Å². The summed E-state index contributed by atoms with van der Waals surface area (Å²) in [5.74, 6) is 1.22. The van der Waals surface area contributed by atoms with Crippen molar-refractivity contribution in [3.8, 4) is 0 Å². The molecule has 0 radical (unpaired) electrons. The summed E-state index contributed by atoms with van der Waals surface area (Å²) >= 11 is 0. The fourth-order valence-corrected chi connectivity index (χ4v) is 3.03. The number of hydrogen-bond donors (Lipinski definition) is 0. The van der Waals surface area contributed by atoms with Crippen LogP contribution in [0.25, 0.3) is 28.7 Å². The molecule has 0 atom stereocenters. The normalized spacial score (nSPS) is 12.8. The van der Waals surface area contributed by atoms with E-state index in [1.165, 1.54) is 10.6 Å². The lowest BCUT2D eigenvalue weighted by atomic mass is 9.99. The first kappa shape index (κ1) is 14.4. The Hall–Kier alpha value is -2.55. The summed E-state index contributed by atoms with van der Waals surface area (Å²) in [5.41, 5.74) is 1.10. The minimum Gasteiger partial charge on any atom is -0.364 e. The van der Waals surface area contributed by atoms with Crippen LogP contribution < -0.4 is 10.4 Å². The van der Waals surface area contributed by atoms with Crippen molar-refractivity contribution >= 4 is 34.5 Å². The van der Waals surface area contributed by atoms with E-state index in [2.05, 4.69) is 68.3 Å². The van der Waals surface area contributed by atoms with Crippen molar-refractivity contribution in [2.45, 2.75) is 0 Å². The Morgan fingerprint density at radius 2 is 1.59 bits per heavy atom. The van der Waals surface area contributed by atoms with Gasteiger partial charge in [0.1, 0.15) is 5.82 Å². The van der Waals surface area contributed by atoms with Gasteiger partial charge in [0.25, 0.3) is 0 Å². The zero-order valence-corrected chi connectivity index (χ0v) is 13.4. The largest absolute Gasteiger partial charge is 0.364 e. The smallest absolute Gasteiger partial charge is 0.179 e. The van der Waals surface area contributed by atoms with Crippen molar-refractivity contribution in [1.82, 2.24) is 9.80 Å². The van der Waals surface area contributed by atoms with Crippen LogP contribution in [0.4, 0.5) is 0 Å². The maximum Gasteiger partial charge on any atom is 0.179 e. The predicted molar refractivity (Wildman–Crippen MR) is 92.5 cm³/mol. The van der Waals surface area contributed by atoms with Gasteiger partial charge < -0.3 is 9.80 Å².